The zero-order valence-corrected chi connectivity index (χ0v) is 10.9. The maximum Gasteiger partial charge on any atom is 0.372 e. The molecular weight excluding hydrogens is 252 g/mol. The molecule has 0 spiro atoms. The molecule has 1 fully saturated rings. The molecule has 1 aromatic heterocycles. The standard InChI is InChI=1S/C11H16N4O4/c1-11(4-3-5-19-11)6-12-9-8(15(16)17)10(18-2)14-7-13-9/h7H,3-6H2,1-2H3,(H,12,13,14). The lowest BCUT2D eigenvalue weighted by atomic mass is 10.0. The fourth-order valence-electron chi connectivity index (χ4n) is 2.05. The normalized spacial score (nSPS) is 22.2. The van der Waals surface area contributed by atoms with Gasteiger partial charge in [-0.1, -0.05) is 0 Å². The van der Waals surface area contributed by atoms with Crippen molar-refractivity contribution >= 4 is 11.5 Å². The van der Waals surface area contributed by atoms with Gasteiger partial charge in [-0.05, 0) is 19.8 Å². The number of ether oxygens (including phenoxy) is 2. The number of hydrogen-bond donors (Lipinski definition) is 1. The number of hydrogen-bond acceptors (Lipinski definition) is 7. The highest BCUT2D eigenvalue weighted by Crippen LogP contribution is 2.32. The second-order valence-electron chi connectivity index (χ2n) is 4.59. The van der Waals surface area contributed by atoms with E-state index in [9.17, 15) is 10.1 Å². The van der Waals surface area contributed by atoms with Gasteiger partial charge in [-0.25, -0.2) is 4.98 Å². The van der Waals surface area contributed by atoms with Gasteiger partial charge in [-0.2, -0.15) is 4.98 Å². The van der Waals surface area contributed by atoms with E-state index in [1.807, 2.05) is 6.92 Å². The Morgan fingerprint density at radius 3 is 3.00 bits per heavy atom. The number of nitro groups is 1. The molecule has 0 saturated carbocycles. The number of nitrogens with one attached hydrogen (secondary N) is 1. The summed E-state index contributed by atoms with van der Waals surface area (Å²) in [6, 6.07) is 0. The van der Waals surface area contributed by atoms with Crippen molar-refractivity contribution in [1.29, 1.82) is 0 Å². The molecule has 19 heavy (non-hydrogen) atoms. The summed E-state index contributed by atoms with van der Waals surface area (Å²) in [6.45, 7) is 3.14. The van der Waals surface area contributed by atoms with Gasteiger partial charge >= 0.3 is 5.69 Å². The topological polar surface area (TPSA) is 99.4 Å². The van der Waals surface area contributed by atoms with Crippen LogP contribution < -0.4 is 10.1 Å². The lowest BCUT2D eigenvalue weighted by Crippen LogP contribution is -2.33. The van der Waals surface area contributed by atoms with Crippen LogP contribution >= 0.6 is 0 Å². The van der Waals surface area contributed by atoms with Crippen LogP contribution in [0.2, 0.25) is 0 Å². The highest BCUT2D eigenvalue weighted by Gasteiger charge is 2.31. The van der Waals surface area contributed by atoms with Crippen LogP contribution in [0.3, 0.4) is 0 Å². The van der Waals surface area contributed by atoms with E-state index in [4.69, 9.17) is 9.47 Å². The number of methoxy groups -OCH3 is 1. The van der Waals surface area contributed by atoms with Crippen molar-refractivity contribution < 1.29 is 14.4 Å². The molecule has 104 valence electrons. The highest BCUT2D eigenvalue weighted by atomic mass is 16.6. The second-order valence-corrected chi connectivity index (χ2v) is 4.59. The molecule has 1 aromatic rings. The molecule has 8 nitrogen and oxygen atoms in total. The average Bonchev–Trinajstić information content (AvgIpc) is 2.83. The summed E-state index contributed by atoms with van der Waals surface area (Å²) in [5.41, 5.74) is -0.571. The maximum atomic E-state index is 11.1. The summed E-state index contributed by atoms with van der Waals surface area (Å²) in [4.78, 5) is 18.1. The fraction of sp³-hybridized carbons (Fsp3) is 0.636. The van der Waals surface area contributed by atoms with Gasteiger partial charge in [0.15, 0.2) is 0 Å². The van der Waals surface area contributed by atoms with E-state index in [2.05, 4.69) is 15.3 Å². The van der Waals surface area contributed by atoms with Gasteiger partial charge in [0.25, 0.3) is 5.88 Å². The fourth-order valence-corrected chi connectivity index (χ4v) is 2.05. The first-order valence-electron chi connectivity index (χ1n) is 5.97. The van der Waals surface area contributed by atoms with E-state index in [1.165, 1.54) is 13.4 Å². The first kappa shape index (κ1) is 13.5. The van der Waals surface area contributed by atoms with Crippen LogP contribution in [0.5, 0.6) is 5.88 Å². The van der Waals surface area contributed by atoms with Gasteiger partial charge in [-0.15, -0.1) is 0 Å². The van der Waals surface area contributed by atoms with Crippen LogP contribution in [-0.4, -0.2) is 40.8 Å². The largest absolute Gasteiger partial charge is 0.476 e. The van der Waals surface area contributed by atoms with Crippen molar-refractivity contribution in [2.45, 2.75) is 25.4 Å². The third-order valence-corrected chi connectivity index (χ3v) is 3.09. The van der Waals surface area contributed by atoms with Gasteiger partial charge in [0, 0.05) is 13.2 Å². The van der Waals surface area contributed by atoms with Gasteiger partial charge in [0.2, 0.25) is 5.82 Å². The van der Waals surface area contributed by atoms with E-state index < -0.39 is 4.92 Å². The van der Waals surface area contributed by atoms with Crippen LogP contribution in [-0.2, 0) is 4.74 Å². The Balaban J connectivity index is 2.17. The number of nitrogens with zero attached hydrogens (tertiary/aromatic N) is 3. The summed E-state index contributed by atoms with van der Waals surface area (Å²) >= 11 is 0. The third-order valence-electron chi connectivity index (χ3n) is 3.09. The minimum Gasteiger partial charge on any atom is -0.476 e. The molecule has 1 saturated heterocycles. The van der Waals surface area contributed by atoms with Crippen LogP contribution in [0.4, 0.5) is 11.5 Å². The lowest BCUT2D eigenvalue weighted by molar-refractivity contribution is -0.385. The molecule has 0 radical (unpaired) electrons. The minimum absolute atomic E-state index is 0.0556. The minimum atomic E-state index is -0.557. The molecule has 2 heterocycles. The summed E-state index contributed by atoms with van der Waals surface area (Å²) < 4.78 is 10.5. The van der Waals surface area contributed by atoms with E-state index in [0.29, 0.717) is 13.2 Å². The maximum absolute atomic E-state index is 11.1. The lowest BCUT2D eigenvalue weighted by Gasteiger charge is -2.23. The predicted molar refractivity (Wildman–Crippen MR) is 67.3 cm³/mol. The number of rotatable bonds is 5. The Labute approximate surface area is 110 Å². The van der Waals surface area contributed by atoms with Crippen LogP contribution in [0.1, 0.15) is 19.8 Å². The zero-order valence-electron chi connectivity index (χ0n) is 10.9. The Hall–Kier alpha value is -1.96. The summed E-state index contributed by atoms with van der Waals surface area (Å²) in [5, 5.41) is 14.0. The molecular formula is C11H16N4O4. The number of anilines is 1. The van der Waals surface area contributed by atoms with Crippen molar-refractivity contribution in [3.8, 4) is 5.88 Å². The molecule has 1 N–H and O–H groups in total. The predicted octanol–water partition coefficient (Wildman–Crippen LogP) is 1.37. The first-order valence-corrected chi connectivity index (χ1v) is 5.97. The Kier molecular flexibility index (Phi) is 3.79. The van der Waals surface area contributed by atoms with E-state index in [-0.39, 0.29) is 23.0 Å². The van der Waals surface area contributed by atoms with Gasteiger partial charge < -0.3 is 14.8 Å². The molecule has 1 aliphatic heterocycles. The van der Waals surface area contributed by atoms with E-state index in [0.717, 1.165) is 12.8 Å². The zero-order chi connectivity index (χ0) is 13.9. The van der Waals surface area contributed by atoms with Crippen molar-refractivity contribution in [2.24, 2.45) is 0 Å². The third kappa shape index (κ3) is 2.90. The summed E-state index contributed by atoms with van der Waals surface area (Å²) in [7, 11) is 1.33. The van der Waals surface area contributed by atoms with Crippen molar-refractivity contribution in [1.82, 2.24) is 9.97 Å². The molecule has 2 rings (SSSR count). The Bertz CT molecular complexity index is 474. The molecule has 0 aliphatic carbocycles. The van der Waals surface area contributed by atoms with Gasteiger partial charge in [0.1, 0.15) is 6.33 Å². The summed E-state index contributed by atoms with van der Waals surface area (Å²) in [5.74, 6) is 0.0913. The molecule has 1 atom stereocenters. The second kappa shape index (κ2) is 5.35. The molecule has 8 heteroatoms. The SMILES string of the molecule is COc1ncnc(NCC2(C)CCCO2)c1[N+](=O)[O-]. The average molecular weight is 268 g/mol. The number of aromatic nitrogens is 2. The van der Waals surface area contributed by atoms with E-state index in [1.54, 1.807) is 0 Å². The smallest absolute Gasteiger partial charge is 0.372 e. The summed E-state index contributed by atoms with van der Waals surface area (Å²) in [6.07, 6.45) is 3.13. The Morgan fingerprint density at radius 1 is 1.63 bits per heavy atom. The molecule has 1 unspecified atom stereocenters. The van der Waals surface area contributed by atoms with Crippen molar-refractivity contribution in [3.63, 3.8) is 0 Å². The van der Waals surface area contributed by atoms with Crippen LogP contribution in [0.25, 0.3) is 0 Å². The highest BCUT2D eigenvalue weighted by molar-refractivity contribution is 5.61. The van der Waals surface area contributed by atoms with Crippen molar-refractivity contribution in [3.05, 3.63) is 16.4 Å². The van der Waals surface area contributed by atoms with E-state index >= 15 is 0 Å². The molecule has 1 aliphatic rings. The van der Waals surface area contributed by atoms with Gasteiger partial charge in [0.05, 0.1) is 17.6 Å². The Morgan fingerprint density at radius 2 is 2.42 bits per heavy atom. The molecule has 0 aromatic carbocycles. The van der Waals surface area contributed by atoms with Crippen LogP contribution in [0.15, 0.2) is 6.33 Å². The van der Waals surface area contributed by atoms with Crippen LogP contribution in [0, 0.1) is 10.1 Å². The molecule has 0 amide bonds. The monoisotopic (exact) mass is 268 g/mol. The van der Waals surface area contributed by atoms with Gasteiger partial charge in [-0.3, -0.25) is 10.1 Å². The van der Waals surface area contributed by atoms with Crippen molar-refractivity contribution in [2.75, 3.05) is 25.6 Å². The molecule has 0 bridgehead atoms. The quantitative estimate of drug-likeness (QED) is 0.636. The first-order chi connectivity index (χ1) is 9.06.